The molecule has 0 atom stereocenters. The smallest absolute Gasteiger partial charge is 0.147 e. The Labute approximate surface area is 87.2 Å². The molecule has 0 aliphatic heterocycles. The van der Waals surface area contributed by atoms with Crippen LogP contribution < -0.4 is 5.32 Å². The molecule has 0 aromatic rings. The second-order valence-electron chi connectivity index (χ2n) is 4.91. The minimum atomic E-state index is -2.79. The van der Waals surface area contributed by atoms with E-state index in [1.807, 2.05) is 0 Å². The predicted octanol–water partition coefficient (Wildman–Crippen LogP) is 1.20. The van der Waals surface area contributed by atoms with Crippen LogP contribution in [0.15, 0.2) is 0 Å². The molecule has 0 bridgehead atoms. The van der Waals surface area contributed by atoms with E-state index in [1.165, 1.54) is 19.1 Å². The van der Waals surface area contributed by atoms with Crippen molar-refractivity contribution >= 4 is 9.84 Å². The van der Waals surface area contributed by atoms with Crippen molar-refractivity contribution in [2.24, 2.45) is 5.92 Å². The summed E-state index contributed by atoms with van der Waals surface area (Å²) in [6.07, 6.45) is 4.63. The molecule has 14 heavy (non-hydrogen) atoms. The van der Waals surface area contributed by atoms with Crippen LogP contribution >= 0.6 is 0 Å². The molecule has 0 aromatic carbocycles. The summed E-state index contributed by atoms with van der Waals surface area (Å²) in [5.74, 6) is 1.08. The zero-order chi connectivity index (χ0) is 10.8. The lowest BCUT2D eigenvalue weighted by Gasteiger charge is -2.26. The lowest BCUT2D eigenvalue weighted by atomic mass is 9.99. The van der Waals surface area contributed by atoms with Crippen LogP contribution in [0.3, 0.4) is 0 Å². The fourth-order valence-electron chi connectivity index (χ4n) is 1.69. The lowest BCUT2D eigenvalue weighted by molar-refractivity contribution is 0.343. The van der Waals surface area contributed by atoms with Gasteiger partial charge >= 0.3 is 0 Å². The molecule has 0 heterocycles. The van der Waals surface area contributed by atoms with Crippen molar-refractivity contribution in [2.75, 3.05) is 18.6 Å². The Morgan fingerprint density at radius 2 is 1.93 bits per heavy atom. The third kappa shape index (κ3) is 4.42. The van der Waals surface area contributed by atoms with Crippen LogP contribution in [0.1, 0.15) is 33.1 Å². The first-order chi connectivity index (χ1) is 6.31. The Hall–Kier alpha value is -0.0900. The monoisotopic (exact) mass is 219 g/mol. The number of nitrogens with one attached hydrogen (secondary N) is 1. The van der Waals surface area contributed by atoms with Gasteiger partial charge in [-0.05, 0) is 45.6 Å². The minimum absolute atomic E-state index is 0.192. The van der Waals surface area contributed by atoms with Gasteiger partial charge in [0.25, 0.3) is 0 Å². The van der Waals surface area contributed by atoms with Gasteiger partial charge in [-0.3, -0.25) is 0 Å². The van der Waals surface area contributed by atoms with E-state index in [0.29, 0.717) is 5.75 Å². The fraction of sp³-hybridized carbons (Fsp3) is 1.00. The summed E-state index contributed by atoms with van der Waals surface area (Å²) in [5, 5.41) is 3.43. The molecule has 0 aromatic heterocycles. The Balaban J connectivity index is 2.15. The summed E-state index contributed by atoms with van der Waals surface area (Å²) in [7, 11) is -2.79. The van der Waals surface area contributed by atoms with Gasteiger partial charge in [-0.25, -0.2) is 8.42 Å². The molecule has 1 rings (SSSR count). The molecule has 1 saturated carbocycles. The molecule has 0 radical (unpaired) electrons. The van der Waals surface area contributed by atoms with Crippen LogP contribution in [0.25, 0.3) is 0 Å². The number of sulfone groups is 1. The molecule has 1 aliphatic carbocycles. The summed E-state index contributed by atoms with van der Waals surface area (Å²) >= 11 is 0. The molecule has 3 nitrogen and oxygen atoms in total. The first-order valence-electron chi connectivity index (χ1n) is 5.24. The third-order valence-electron chi connectivity index (χ3n) is 2.87. The normalized spacial score (nSPS) is 18.5. The van der Waals surface area contributed by atoms with Gasteiger partial charge in [-0.2, -0.15) is 0 Å². The molecule has 84 valence electrons. The van der Waals surface area contributed by atoms with Gasteiger partial charge in [-0.15, -0.1) is 0 Å². The third-order valence-corrected chi connectivity index (χ3v) is 3.90. The van der Waals surface area contributed by atoms with Crippen LogP contribution in [0, 0.1) is 5.92 Å². The summed E-state index contributed by atoms with van der Waals surface area (Å²) in [6.45, 7) is 5.20. The lowest BCUT2D eigenvalue weighted by Crippen LogP contribution is -2.42. The van der Waals surface area contributed by atoms with Crippen molar-refractivity contribution in [1.29, 1.82) is 0 Å². The summed E-state index contributed by atoms with van der Waals surface area (Å²) in [6, 6.07) is 0. The van der Waals surface area contributed by atoms with Crippen molar-refractivity contribution in [1.82, 2.24) is 5.32 Å². The van der Waals surface area contributed by atoms with Crippen LogP contribution in [-0.4, -0.2) is 32.5 Å². The number of hydrogen-bond donors (Lipinski definition) is 1. The van der Waals surface area contributed by atoms with Gasteiger partial charge in [0.2, 0.25) is 0 Å². The summed E-state index contributed by atoms with van der Waals surface area (Å²) in [5.41, 5.74) is 0.192. The average Bonchev–Trinajstić information content (AvgIpc) is 2.78. The second kappa shape index (κ2) is 4.19. The zero-order valence-corrected chi connectivity index (χ0v) is 10.2. The van der Waals surface area contributed by atoms with Crippen molar-refractivity contribution < 1.29 is 8.42 Å². The van der Waals surface area contributed by atoms with E-state index in [0.717, 1.165) is 18.9 Å². The molecular formula is C10H21NO2S. The maximum Gasteiger partial charge on any atom is 0.147 e. The molecule has 4 heteroatoms. The van der Waals surface area contributed by atoms with Gasteiger partial charge in [-0.1, -0.05) is 0 Å². The van der Waals surface area contributed by atoms with Crippen LogP contribution in [0.2, 0.25) is 0 Å². The maximum absolute atomic E-state index is 10.9. The van der Waals surface area contributed by atoms with Gasteiger partial charge < -0.3 is 5.32 Å². The van der Waals surface area contributed by atoms with Crippen molar-refractivity contribution in [2.45, 2.75) is 38.6 Å². The first-order valence-corrected chi connectivity index (χ1v) is 7.30. The van der Waals surface area contributed by atoms with E-state index in [-0.39, 0.29) is 5.54 Å². The zero-order valence-electron chi connectivity index (χ0n) is 9.34. The SMILES string of the molecule is CC(C)(NCCCS(C)(=O)=O)C1CC1. The van der Waals surface area contributed by atoms with Crippen LogP contribution in [-0.2, 0) is 9.84 Å². The molecule has 1 aliphatic rings. The van der Waals surface area contributed by atoms with E-state index in [1.54, 1.807) is 0 Å². The van der Waals surface area contributed by atoms with Gasteiger partial charge in [0.05, 0.1) is 5.75 Å². The number of hydrogen-bond acceptors (Lipinski definition) is 3. The highest BCUT2D eigenvalue weighted by atomic mass is 32.2. The highest BCUT2D eigenvalue weighted by Gasteiger charge is 2.36. The Morgan fingerprint density at radius 1 is 1.36 bits per heavy atom. The molecule has 1 fully saturated rings. The van der Waals surface area contributed by atoms with E-state index in [4.69, 9.17) is 0 Å². The van der Waals surface area contributed by atoms with Gasteiger partial charge in [0, 0.05) is 11.8 Å². The largest absolute Gasteiger partial charge is 0.311 e. The quantitative estimate of drug-likeness (QED) is 0.683. The Kier molecular flexibility index (Phi) is 3.58. The topological polar surface area (TPSA) is 46.2 Å². The molecular weight excluding hydrogens is 198 g/mol. The highest BCUT2D eigenvalue weighted by Crippen LogP contribution is 2.38. The molecule has 1 N–H and O–H groups in total. The van der Waals surface area contributed by atoms with Crippen molar-refractivity contribution in [3.05, 3.63) is 0 Å². The van der Waals surface area contributed by atoms with E-state index in [9.17, 15) is 8.42 Å². The average molecular weight is 219 g/mol. The van der Waals surface area contributed by atoms with Crippen LogP contribution in [0.4, 0.5) is 0 Å². The molecule has 0 saturated heterocycles. The van der Waals surface area contributed by atoms with E-state index in [2.05, 4.69) is 19.2 Å². The molecule has 0 amide bonds. The van der Waals surface area contributed by atoms with Crippen molar-refractivity contribution in [3.63, 3.8) is 0 Å². The van der Waals surface area contributed by atoms with Gasteiger partial charge in [0.15, 0.2) is 0 Å². The van der Waals surface area contributed by atoms with Gasteiger partial charge in [0.1, 0.15) is 9.84 Å². The Bertz CT molecular complexity index is 278. The summed E-state index contributed by atoms with van der Waals surface area (Å²) < 4.78 is 21.7. The van der Waals surface area contributed by atoms with Crippen molar-refractivity contribution in [3.8, 4) is 0 Å². The fourth-order valence-corrected chi connectivity index (χ4v) is 2.36. The first kappa shape index (κ1) is 12.0. The number of rotatable bonds is 6. The predicted molar refractivity (Wildman–Crippen MR) is 59.1 cm³/mol. The maximum atomic E-state index is 10.9. The van der Waals surface area contributed by atoms with E-state index < -0.39 is 9.84 Å². The highest BCUT2D eigenvalue weighted by molar-refractivity contribution is 7.90. The standard InChI is InChI=1S/C10H21NO2S/c1-10(2,9-5-6-9)11-7-4-8-14(3,12)13/h9,11H,4-8H2,1-3H3. The molecule has 0 unspecified atom stereocenters. The van der Waals surface area contributed by atoms with Crippen LogP contribution in [0.5, 0.6) is 0 Å². The summed E-state index contributed by atoms with van der Waals surface area (Å²) in [4.78, 5) is 0. The molecule has 0 spiro atoms. The van der Waals surface area contributed by atoms with E-state index >= 15 is 0 Å². The minimum Gasteiger partial charge on any atom is -0.311 e. The Morgan fingerprint density at radius 3 is 2.36 bits per heavy atom. The second-order valence-corrected chi connectivity index (χ2v) is 7.17.